The van der Waals surface area contributed by atoms with Crippen LogP contribution in [0.15, 0.2) is 66.7 Å². The van der Waals surface area contributed by atoms with Gasteiger partial charge in [0.1, 0.15) is 12.4 Å². The van der Waals surface area contributed by atoms with Gasteiger partial charge in [0.05, 0.1) is 0 Å². The molecule has 0 bridgehead atoms. The van der Waals surface area contributed by atoms with E-state index in [-0.39, 0.29) is 6.04 Å². The van der Waals surface area contributed by atoms with Crippen LogP contribution in [0.2, 0.25) is 0 Å². The van der Waals surface area contributed by atoms with Crippen LogP contribution in [0.5, 0.6) is 5.75 Å². The fourth-order valence-electron chi connectivity index (χ4n) is 2.47. The van der Waals surface area contributed by atoms with Crippen LogP contribution in [0.4, 0.5) is 0 Å². The first-order valence-electron chi connectivity index (χ1n) is 7.19. The molecule has 0 aliphatic rings. The number of rotatable bonds is 4. The standard InChI is InChI=1S/C19H19NO/c1-14(20)16-8-5-10-18(12-16)21-13-17-9-4-7-15-6-2-3-11-19(15)17/h2-12,14H,13,20H2,1H3/t14-/m1/s1. The molecular formula is C19H19NO. The van der Waals surface area contributed by atoms with Crippen LogP contribution in [0.25, 0.3) is 10.8 Å². The Balaban J connectivity index is 1.82. The third-order valence-corrected chi connectivity index (χ3v) is 3.66. The van der Waals surface area contributed by atoms with E-state index in [9.17, 15) is 0 Å². The van der Waals surface area contributed by atoms with Crippen molar-refractivity contribution in [2.75, 3.05) is 0 Å². The zero-order valence-electron chi connectivity index (χ0n) is 12.1. The van der Waals surface area contributed by atoms with E-state index in [1.807, 2.05) is 31.2 Å². The van der Waals surface area contributed by atoms with Gasteiger partial charge in [-0.3, -0.25) is 0 Å². The number of benzene rings is 3. The average Bonchev–Trinajstić information content (AvgIpc) is 2.53. The van der Waals surface area contributed by atoms with Crippen LogP contribution in [0.3, 0.4) is 0 Å². The topological polar surface area (TPSA) is 35.2 Å². The van der Waals surface area contributed by atoms with Gasteiger partial charge in [0.15, 0.2) is 0 Å². The Hall–Kier alpha value is -2.32. The van der Waals surface area contributed by atoms with Gasteiger partial charge >= 0.3 is 0 Å². The lowest BCUT2D eigenvalue weighted by atomic mass is 10.1. The second-order valence-corrected chi connectivity index (χ2v) is 5.29. The fourth-order valence-corrected chi connectivity index (χ4v) is 2.47. The van der Waals surface area contributed by atoms with E-state index in [4.69, 9.17) is 10.5 Å². The maximum atomic E-state index is 5.94. The Morgan fingerprint density at radius 1 is 0.952 bits per heavy atom. The third-order valence-electron chi connectivity index (χ3n) is 3.66. The van der Waals surface area contributed by atoms with Crippen LogP contribution >= 0.6 is 0 Å². The first kappa shape index (κ1) is 13.7. The number of ether oxygens (including phenoxy) is 1. The van der Waals surface area contributed by atoms with E-state index in [1.54, 1.807) is 0 Å². The predicted octanol–water partition coefficient (Wildman–Crippen LogP) is 4.44. The second-order valence-electron chi connectivity index (χ2n) is 5.29. The molecule has 0 heterocycles. The summed E-state index contributed by atoms with van der Waals surface area (Å²) in [4.78, 5) is 0. The molecule has 2 nitrogen and oxygen atoms in total. The van der Waals surface area contributed by atoms with E-state index < -0.39 is 0 Å². The predicted molar refractivity (Wildman–Crippen MR) is 87.3 cm³/mol. The van der Waals surface area contributed by atoms with Gasteiger partial charge in [0, 0.05) is 6.04 Å². The Bertz CT molecular complexity index is 744. The lowest BCUT2D eigenvalue weighted by molar-refractivity contribution is 0.307. The van der Waals surface area contributed by atoms with Gasteiger partial charge in [-0.25, -0.2) is 0 Å². The number of fused-ring (bicyclic) bond motifs is 1. The first-order chi connectivity index (χ1) is 10.2. The molecule has 0 aliphatic carbocycles. The molecule has 0 amide bonds. The van der Waals surface area contributed by atoms with Gasteiger partial charge in [-0.2, -0.15) is 0 Å². The van der Waals surface area contributed by atoms with E-state index >= 15 is 0 Å². The van der Waals surface area contributed by atoms with E-state index in [1.165, 1.54) is 16.3 Å². The van der Waals surface area contributed by atoms with Crippen LogP contribution in [-0.2, 0) is 6.61 Å². The van der Waals surface area contributed by atoms with Crippen molar-refractivity contribution in [2.45, 2.75) is 19.6 Å². The quantitative estimate of drug-likeness (QED) is 0.765. The molecule has 0 saturated heterocycles. The van der Waals surface area contributed by atoms with E-state index in [0.717, 1.165) is 11.3 Å². The van der Waals surface area contributed by atoms with Crippen LogP contribution in [-0.4, -0.2) is 0 Å². The van der Waals surface area contributed by atoms with Crippen molar-refractivity contribution >= 4 is 10.8 Å². The highest BCUT2D eigenvalue weighted by molar-refractivity contribution is 5.85. The summed E-state index contributed by atoms with van der Waals surface area (Å²) < 4.78 is 5.94. The zero-order valence-corrected chi connectivity index (χ0v) is 12.1. The van der Waals surface area contributed by atoms with Gasteiger partial charge in [-0.15, -0.1) is 0 Å². The average molecular weight is 277 g/mol. The molecule has 0 saturated carbocycles. The normalized spacial score (nSPS) is 12.3. The van der Waals surface area contributed by atoms with Crippen molar-refractivity contribution in [3.8, 4) is 5.75 Å². The van der Waals surface area contributed by atoms with Crippen molar-refractivity contribution < 1.29 is 4.74 Å². The Morgan fingerprint density at radius 3 is 2.57 bits per heavy atom. The molecule has 106 valence electrons. The molecule has 1 atom stereocenters. The fraction of sp³-hybridized carbons (Fsp3) is 0.158. The van der Waals surface area contributed by atoms with Crippen molar-refractivity contribution in [3.63, 3.8) is 0 Å². The summed E-state index contributed by atoms with van der Waals surface area (Å²) in [7, 11) is 0. The van der Waals surface area contributed by atoms with Crippen molar-refractivity contribution in [1.29, 1.82) is 0 Å². The van der Waals surface area contributed by atoms with E-state index in [0.29, 0.717) is 6.61 Å². The smallest absolute Gasteiger partial charge is 0.120 e. The summed E-state index contributed by atoms with van der Waals surface area (Å²) in [5, 5.41) is 2.48. The summed E-state index contributed by atoms with van der Waals surface area (Å²) in [6.07, 6.45) is 0. The molecule has 2 N–H and O–H groups in total. The summed E-state index contributed by atoms with van der Waals surface area (Å²) in [5.74, 6) is 0.859. The van der Waals surface area contributed by atoms with Crippen LogP contribution in [0, 0.1) is 0 Å². The summed E-state index contributed by atoms with van der Waals surface area (Å²) >= 11 is 0. The first-order valence-corrected chi connectivity index (χ1v) is 7.19. The van der Waals surface area contributed by atoms with Gasteiger partial charge in [-0.1, -0.05) is 54.6 Å². The maximum Gasteiger partial charge on any atom is 0.120 e. The summed E-state index contributed by atoms with van der Waals surface area (Å²) in [6, 6.07) is 22.7. The number of nitrogens with two attached hydrogens (primary N) is 1. The largest absolute Gasteiger partial charge is 0.489 e. The summed E-state index contributed by atoms with van der Waals surface area (Å²) in [6.45, 7) is 2.54. The molecule has 0 spiro atoms. The molecule has 0 aliphatic heterocycles. The Kier molecular flexibility index (Phi) is 3.89. The van der Waals surface area contributed by atoms with Gasteiger partial charge in [0.25, 0.3) is 0 Å². The Morgan fingerprint density at radius 2 is 1.71 bits per heavy atom. The van der Waals surface area contributed by atoms with Gasteiger partial charge in [0.2, 0.25) is 0 Å². The second kappa shape index (κ2) is 5.98. The molecule has 0 radical (unpaired) electrons. The molecule has 21 heavy (non-hydrogen) atoms. The number of hydrogen-bond acceptors (Lipinski definition) is 2. The molecule has 0 aromatic heterocycles. The number of hydrogen-bond donors (Lipinski definition) is 1. The molecule has 3 rings (SSSR count). The molecule has 0 fully saturated rings. The monoisotopic (exact) mass is 277 g/mol. The highest BCUT2D eigenvalue weighted by Crippen LogP contribution is 2.22. The minimum Gasteiger partial charge on any atom is -0.489 e. The van der Waals surface area contributed by atoms with Gasteiger partial charge in [-0.05, 0) is 41.0 Å². The van der Waals surface area contributed by atoms with Crippen molar-refractivity contribution in [1.82, 2.24) is 0 Å². The lowest BCUT2D eigenvalue weighted by Gasteiger charge is -2.11. The molecule has 2 heteroatoms. The van der Waals surface area contributed by atoms with Crippen LogP contribution in [0.1, 0.15) is 24.1 Å². The molecule has 0 unspecified atom stereocenters. The lowest BCUT2D eigenvalue weighted by Crippen LogP contribution is -2.05. The van der Waals surface area contributed by atoms with E-state index in [2.05, 4.69) is 42.5 Å². The molecule has 3 aromatic carbocycles. The van der Waals surface area contributed by atoms with Crippen molar-refractivity contribution in [2.24, 2.45) is 5.73 Å². The van der Waals surface area contributed by atoms with Crippen molar-refractivity contribution in [3.05, 3.63) is 77.9 Å². The van der Waals surface area contributed by atoms with Crippen LogP contribution < -0.4 is 10.5 Å². The molecular weight excluding hydrogens is 258 g/mol. The minimum atomic E-state index is 0.0195. The maximum absolute atomic E-state index is 5.94. The minimum absolute atomic E-state index is 0.0195. The Labute approximate surface area is 125 Å². The highest BCUT2D eigenvalue weighted by Gasteiger charge is 2.04. The third kappa shape index (κ3) is 3.06. The molecule has 3 aromatic rings. The van der Waals surface area contributed by atoms with Gasteiger partial charge < -0.3 is 10.5 Å². The SMILES string of the molecule is C[C@@H](N)c1cccc(OCc2cccc3ccccc23)c1. The highest BCUT2D eigenvalue weighted by atomic mass is 16.5. The summed E-state index contributed by atoms with van der Waals surface area (Å²) in [5.41, 5.74) is 8.19. The zero-order chi connectivity index (χ0) is 14.7.